The molecule has 1 aliphatic rings. The van der Waals surface area contributed by atoms with Gasteiger partial charge in [-0.05, 0) is 6.42 Å². The van der Waals surface area contributed by atoms with Crippen molar-refractivity contribution in [3.8, 4) is 0 Å². The van der Waals surface area contributed by atoms with Crippen molar-refractivity contribution in [2.24, 2.45) is 0 Å². The van der Waals surface area contributed by atoms with Crippen molar-refractivity contribution in [3.05, 3.63) is 11.8 Å². The average Bonchev–Trinajstić information content (AvgIpc) is 2.42. The van der Waals surface area contributed by atoms with Gasteiger partial charge in [0.15, 0.2) is 0 Å². The Bertz CT molecular complexity index is 245. The Labute approximate surface area is 57.4 Å². The predicted octanol–water partition coefficient (Wildman–Crippen LogP) is 0.817. The van der Waals surface area contributed by atoms with Gasteiger partial charge in [-0.15, -0.1) is 0 Å². The molecule has 0 aliphatic heterocycles. The van der Waals surface area contributed by atoms with Gasteiger partial charge in [-0.1, -0.05) is 0 Å². The Morgan fingerprint density at radius 3 is 2.90 bits per heavy atom. The molecule has 4 heteroatoms. The van der Waals surface area contributed by atoms with Crippen molar-refractivity contribution < 1.29 is 4.39 Å². The van der Waals surface area contributed by atoms with Gasteiger partial charge >= 0.3 is 0 Å². The smallest absolute Gasteiger partial charge is 0.145 e. The van der Waals surface area contributed by atoms with E-state index in [-0.39, 0.29) is 5.92 Å². The number of nitrogens with one attached hydrogen (secondary N) is 1. The summed E-state index contributed by atoms with van der Waals surface area (Å²) < 4.78 is 12.4. The van der Waals surface area contributed by atoms with Gasteiger partial charge in [-0.3, -0.25) is 5.10 Å². The van der Waals surface area contributed by atoms with E-state index in [4.69, 9.17) is 5.73 Å². The second-order valence-electron chi connectivity index (χ2n) is 2.61. The van der Waals surface area contributed by atoms with Gasteiger partial charge < -0.3 is 5.73 Å². The van der Waals surface area contributed by atoms with Gasteiger partial charge in [0.25, 0.3) is 0 Å². The van der Waals surface area contributed by atoms with Crippen LogP contribution in [0.15, 0.2) is 6.07 Å². The fourth-order valence-corrected chi connectivity index (χ4v) is 1.03. The summed E-state index contributed by atoms with van der Waals surface area (Å²) in [4.78, 5) is 0. The zero-order valence-electron chi connectivity index (χ0n) is 5.34. The first kappa shape index (κ1) is 5.70. The third-order valence-electron chi connectivity index (χ3n) is 1.73. The molecule has 1 aromatic heterocycles. The molecule has 0 radical (unpaired) electrons. The fourth-order valence-electron chi connectivity index (χ4n) is 1.03. The summed E-state index contributed by atoms with van der Waals surface area (Å²) in [5.41, 5.74) is 6.15. The van der Waals surface area contributed by atoms with Gasteiger partial charge in [-0.2, -0.15) is 5.10 Å². The molecule has 0 bridgehead atoms. The van der Waals surface area contributed by atoms with Crippen molar-refractivity contribution in [2.45, 2.75) is 18.5 Å². The number of hydrogen-bond donors (Lipinski definition) is 2. The summed E-state index contributed by atoms with van der Waals surface area (Å²) in [6, 6.07) is 1.68. The topological polar surface area (TPSA) is 54.7 Å². The largest absolute Gasteiger partial charge is 0.382 e. The number of hydrogen-bond acceptors (Lipinski definition) is 2. The molecule has 54 valence electrons. The van der Waals surface area contributed by atoms with E-state index < -0.39 is 6.17 Å². The van der Waals surface area contributed by atoms with E-state index >= 15 is 0 Å². The first-order valence-electron chi connectivity index (χ1n) is 3.22. The van der Waals surface area contributed by atoms with Crippen LogP contribution in [0.1, 0.15) is 18.0 Å². The Morgan fingerprint density at radius 2 is 2.50 bits per heavy atom. The predicted molar refractivity (Wildman–Crippen MR) is 35.3 cm³/mol. The van der Waals surface area contributed by atoms with Crippen LogP contribution in [0.25, 0.3) is 0 Å². The lowest BCUT2D eigenvalue weighted by atomic mass is 10.3. The molecular formula is C6H8FN3. The van der Waals surface area contributed by atoms with E-state index in [0.717, 1.165) is 5.69 Å². The molecule has 3 nitrogen and oxygen atoms in total. The van der Waals surface area contributed by atoms with Crippen LogP contribution >= 0.6 is 0 Å². The van der Waals surface area contributed by atoms with Gasteiger partial charge in [-0.25, -0.2) is 4.39 Å². The standard InChI is InChI=1S/C6H8FN3/c7-4-1-3(4)5-2-6(8)10-9-5/h2-4H,1H2,(H3,8,9,10)/t3-,4-/m0/s1. The second-order valence-corrected chi connectivity index (χ2v) is 2.61. The van der Waals surface area contributed by atoms with Crippen LogP contribution in [0.3, 0.4) is 0 Å². The highest BCUT2D eigenvalue weighted by atomic mass is 19.1. The Balaban J connectivity index is 2.20. The maximum Gasteiger partial charge on any atom is 0.145 e. The minimum atomic E-state index is -0.681. The highest BCUT2D eigenvalue weighted by Gasteiger charge is 2.39. The lowest BCUT2D eigenvalue weighted by Crippen LogP contribution is -1.81. The van der Waals surface area contributed by atoms with Gasteiger partial charge in [0.1, 0.15) is 12.0 Å². The van der Waals surface area contributed by atoms with Crippen LogP contribution in [0.5, 0.6) is 0 Å². The maximum atomic E-state index is 12.4. The van der Waals surface area contributed by atoms with E-state index in [1.165, 1.54) is 0 Å². The number of aromatic amines is 1. The van der Waals surface area contributed by atoms with E-state index in [0.29, 0.717) is 12.2 Å². The summed E-state index contributed by atoms with van der Waals surface area (Å²) in [6.45, 7) is 0. The van der Waals surface area contributed by atoms with E-state index in [2.05, 4.69) is 10.2 Å². The quantitative estimate of drug-likeness (QED) is 0.608. The van der Waals surface area contributed by atoms with Crippen molar-refractivity contribution >= 4 is 5.82 Å². The first-order chi connectivity index (χ1) is 4.77. The fraction of sp³-hybridized carbons (Fsp3) is 0.500. The zero-order valence-corrected chi connectivity index (χ0v) is 5.34. The number of anilines is 1. The SMILES string of the molecule is Nc1cc([C@H]2C[C@@H]2F)[nH]n1. The van der Waals surface area contributed by atoms with Crippen LogP contribution in [0, 0.1) is 0 Å². The lowest BCUT2D eigenvalue weighted by molar-refractivity contribution is 0.466. The number of nitrogens with two attached hydrogens (primary N) is 1. The Hall–Kier alpha value is -1.06. The third kappa shape index (κ3) is 0.761. The van der Waals surface area contributed by atoms with Crippen LogP contribution in [0.4, 0.5) is 10.2 Å². The number of rotatable bonds is 1. The molecule has 2 rings (SSSR count). The minimum Gasteiger partial charge on any atom is -0.382 e. The number of nitrogen functional groups attached to an aromatic ring is 1. The molecular weight excluding hydrogens is 133 g/mol. The number of H-pyrrole nitrogens is 1. The summed E-state index contributed by atoms with van der Waals surface area (Å²) in [5.74, 6) is 0.471. The maximum absolute atomic E-state index is 12.4. The molecule has 1 aliphatic carbocycles. The number of aromatic nitrogens is 2. The van der Waals surface area contributed by atoms with Crippen molar-refractivity contribution in [3.63, 3.8) is 0 Å². The summed E-state index contributed by atoms with van der Waals surface area (Å²) in [5, 5.41) is 6.38. The normalized spacial score (nSPS) is 30.5. The van der Waals surface area contributed by atoms with Crippen LogP contribution in [0.2, 0.25) is 0 Å². The Morgan fingerprint density at radius 1 is 1.80 bits per heavy atom. The highest BCUT2D eigenvalue weighted by molar-refractivity contribution is 5.32. The highest BCUT2D eigenvalue weighted by Crippen LogP contribution is 2.42. The summed E-state index contributed by atoms with van der Waals surface area (Å²) in [6.07, 6.45) is -0.0680. The molecule has 10 heavy (non-hydrogen) atoms. The van der Waals surface area contributed by atoms with E-state index in [1.807, 2.05) is 0 Å². The van der Waals surface area contributed by atoms with Crippen molar-refractivity contribution in [2.75, 3.05) is 5.73 Å². The molecule has 0 unspecified atom stereocenters. The van der Waals surface area contributed by atoms with E-state index in [1.54, 1.807) is 6.07 Å². The van der Waals surface area contributed by atoms with Gasteiger partial charge in [0.2, 0.25) is 0 Å². The molecule has 0 saturated heterocycles. The molecule has 0 amide bonds. The average molecular weight is 141 g/mol. The minimum absolute atomic E-state index is 0.0322. The molecule has 1 fully saturated rings. The number of halogens is 1. The monoisotopic (exact) mass is 141 g/mol. The summed E-state index contributed by atoms with van der Waals surface area (Å²) >= 11 is 0. The molecule has 2 atom stereocenters. The zero-order chi connectivity index (χ0) is 7.14. The van der Waals surface area contributed by atoms with Gasteiger partial charge in [0.05, 0.1) is 0 Å². The summed E-state index contributed by atoms with van der Waals surface area (Å²) in [7, 11) is 0. The first-order valence-corrected chi connectivity index (χ1v) is 3.22. The third-order valence-corrected chi connectivity index (χ3v) is 1.73. The molecule has 1 aromatic rings. The van der Waals surface area contributed by atoms with Crippen molar-refractivity contribution in [1.29, 1.82) is 0 Å². The lowest BCUT2D eigenvalue weighted by Gasteiger charge is -1.84. The molecule has 0 aromatic carbocycles. The molecule has 1 saturated carbocycles. The van der Waals surface area contributed by atoms with Crippen LogP contribution < -0.4 is 5.73 Å². The Kier molecular flexibility index (Phi) is 0.977. The molecule has 1 heterocycles. The van der Waals surface area contributed by atoms with Crippen molar-refractivity contribution in [1.82, 2.24) is 10.2 Å². The number of nitrogens with zero attached hydrogens (tertiary/aromatic N) is 1. The van der Waals surface area contributed by atoms with Crippen LogP contribution in [-0.4, -0.2) is 16.4 Å². The van der Waals surface area contributed by atoms with Crippen LogP contribution in [-0.2, 0) is 0 Å². The molecule has 3 N–H and O–H groups in total. The second kappa shape index (κ2) is 1.71. The van der Waals surface area contributed by atoms with E-state index in [9.17, 15) is 4.39 Å². The van der Waals surface area contributed by atoms with Gasteiger partial charge in [0, 0.05) is 17.7 Å². The number of alkyl halides is 1. The molecule has 0 spiro atoms.